The van der Waals surface area contributed by atoms with E-state index in [1.54, 1.807) is 0 Å². The Morgan fingerprint density at radius 2 is 1.10 bits per heavy atom. The maximum Gasteiger partial charge on any atom is 0.227 e. The van der Waals surface area contributed by atoms with Gasteiger partial charge in [-0.2, -0.15) is 0 Å². The molecule has 10 aromatic rings. The summed E-state index contributed by atoms with van der Waals surface area (Å²) in [6.07, 6.45) is 0. The van der Waals surface area contributed by atoms with Crippen LogP contribution in [0.25, 0.3) is 75.4 Å². The van der Waals surface area contributed by atoms with E-state index in [1.807, 2.05) is 41.7 Å². The normalized spacial score (nSPS) is 11.7. The first-order valence-electron chi connectivity index (χ1n) is 16.5. The molecule has 230 valence electrons. The molecule has 8 aromatic carbocycles. The van der Waals surface area contributed by atoms with Gasteiger partial charge in [-0.3, -0.25) is 0 Å². The molecule has 4 heteroatoms. The van der Waals surface area contributed by atoms with Gasteiger partial charge in [0.15, 0.2) is 5.58 Å². The second-order valence-corrected chi connectivity index (χ2v) is 13.5. The largest absolute Gasteiger partial charge is 0.435 e. The van der Waals surface area contributed by atoms with Crippen molar-refractivity contribution in [1.82, 2.24) is 4.98 Å². The molecule has 0 aliphatic carbocycles. The minimum Gasteiger partial charge on any atom is -0.435 e. The van der Waals surface area contributed by atoms with Crippen molar-refractivity contribution in [3.8, 4) is 22.6 Å². The number of para-hydroxylation sites is 1. The summed E-state index contributed by atoms with van der Waals surface area (Å²) >= 11 is 1.85. The molecule has 0 spiro atoms. The summed E-state index contributed by atoms with van der Waals surface area (Å²) in [6.45, 7) is 0. The third-order valence-electron chi connectivity index (χ3n) is 9.45. The smallest absolute Gasteiger partial charge is 0.227 e. The minimum absolute atomic E-state index is 0.630. The van der Waals surface area contributed by atoms with Crippen LogP contribution in [0.4, 0.5) is 17.1 Å². The Kier molecular flexibility index (Phi) is 6.36. The van der Waals surface area contributed by atoms with Gasteiger partial charge in [0.1, 0.15) is 5.52 Å². The van der Waals surface area contributed by atoms with E-state index >= 15 is 0 Å². The van der Waals surface area contributed by atoms with Gasteiger partial charge in [-0.25, -0.2) is 4.98 Å². The van der Waals surface area contributed by atoms with Crippen LogP contribution >= 0.6 is 11.3 Å². The minimum atomic E-state index is 0.630. The predicted octanol–water partition coefficient (Wildman–Crippen LogP) is 13.3. The topological polar surface area (TPSA) is 29.3 Å². The van der Waals surface area contributed by atoms with E-state index in [2.05, 4.69) is 144 Å². The van der Waals surface area contributed by atoms with Crippen molar-refractivity contribution in [3.05, 3.63) is 170 Å². The molecule has 2 heterocycles. The number of hydrogen-bond donors (Lipinski definition) is 0. The molecule has 0 N–H and O–H groups in total. The van der Waals surface area contributed by atoms with Crippen LogP contribution in [0.15, 0.2) is 174 Å². The summed E-state index contributed by atoms with van der Waals surface area (Å²) in [5.41, 5.74) is 8.27. The highest BCUT2D eigenvalue weighted by Crippen LogP contribution is 2.44. The lowest BCUT2D eigenvalue weighted by Crippen LogP contribution is -2.09. The van der Waals surface area contributed by atoms with Crippen molar-refractivity contribution in [2.45, 2.75) is 0 Å². The Morgan fingerprint density at radius 3 is 1.90 bits per heavy atom. The lowest BCUT2D eigenvalue weighted by atomic mass is 9.92. The molecule has 0 aliphatic heterocycles. The van der Waals surface area contributed by atoms with Gasteiger partial charge in [0, 0.05) is 48.2 Å². The second kappa shape index (κ2) is 11.2. The number of rotatable bonds is 5. The lowest BCUT2D eigenvalue weighted by molar-refractivity contribution is 0.623. The predicted molar refractivity (Wildman–Crippen MR) is 207 cm³/mol. The number of anilines is 3. The van der Waals surface area contributed by atoms with E-state index in [-0.39, 0.29) is 0 Å². The van der Waals surface area contributed by atoms with Gasteiger partial charge in [0.25, 0.3) is 0 Å². The van der Waals surface area contributed by atoms with Gasteiger partial charge < -0.3 is 9.32 Å². The standard InChI is InChI=1S/C45H28N2OS/c1-4-12-29(13-5-1)39-27-31-26-33(20-22-35(31)43-38(39)24-25-40-44(43)48-45(46-40)30-14-6-2-7-15-30)47(32-16-8-3-9-17-32)34-21-23-37-36-18-10-11-19-41(36)49-42(37)28-34/h1-28H. The van der Waals surface area contributed by atoms with Crippen LogP contribution in [0.2, 0.25) is 0 Å². The van der Waals surface area contributed by atoms with Gasteiger partial charge >= 0.3 is 0 Å². The molecule has 0 fully saturated rings. The van der Waals surface area contributed by atoms with Gasteiger partial charge in [0.2, 0.25) is 5.89 Å². The van der Waals surface area contributed by atoms with Crippen LogP contribution in [-0.4, -0.2) is 4.98 Å². The van der Waals surface area contributed by atoms with Crippen molar-refractivity contribution >= 4 is 81.2 Å². The Balaban J connectivity index is 1.23. The Morgan fingerprint density at radius 1 is 0.469 bits per heavy atom. The molecule has 3 nitrogen and oxygen atoms in total. The van der Waals surface area contributed by atoms with Crippen molar-refractivity contribution in [1.29, 1.82) is 0 Å². The number of aromatic nitrogens is 1. The zero-order valence-corrected chi connectivity index (χ0v) is 27.2. The summed E-state index contributed by atoms with van der Waals surface area (Å²) in [5.74, 6) is 0.630. The van der Waals surface area contributed by atoms with E-state index in [0.29, 0.717) is 5.89 Å². The molecule has 2 aromatic heterocycles. The molecule has 0 radical (unpaired) electrons. The van der Waals surface area contributed by atoms with E-state index < -0.39 is 0 Å². The molecule has 10 rings (SSSR count). The SMILES string of the molecule is c1ccc(-c2nc3ccc4c(-c5ccccc5)cc5cc(N(c6ccccc6)c6ccc7c(c6)sc6ccccc67)ccc5c4c3o2)cc1. The summed E-state index contributed by atoms with van der Waals surface area (Å²) in [7, 11) is 0. The number of benzene rings is 8. The van der Waals surface area contributed by atoms with Gasteiger partial charge in [-0.15, -0.1) is 11.3 Å². The summed E-state index contributed by atoms with van der Waals surface area (Å²) in [4.78, 5) is 7.29. The Labute approximate surface area is 286 Å². The van der Waals surface area contributed by atoms with Gasteiger partial charge in [0.05, 0.1) is 0 Å². The van der Waals surface area contributed by atoms with Crippen molar-refractivity contribution in [3.63, 3.8) is 0 Å². The van der Waals surface area contributed by atoms with E-state index in [4.69, 9.17) is 9.40 Å². The third-order valence-corrected chi connectivity index (χ3v) is 10.6. The fraction of sp³-hybridized carbons (Fsp3) is 0. The van der Waals surface area contributed by atoms with E-state index in [9.17, 15) is 0 Å². The number of oxazole rings is 1. The molecule has 0 saturated carbocycles. The first-order chi connectivity index (χ1) is 24.3. The highest BCUT2D eigenvalue weighted by Gasteiger charge is 2.19. The molecule has 0 bridgehead atoms. The van der Waals surface area contributed by atoms with Crippen LogP contribution in [0.1, 0.15) is 0 Å². The summed E-state index contributed by atoms with van der Waals surface area (Å²) < 4.78 is 9.21. The number of hydrogen-bond acceptors (Lipinski definition) is 4. The van der Waals surface area contributed by atoms with Crippen LogP contribution < -0.4 is 4.90 Å². The molecule has 0 atom stereocenters. The van der Waals surface area contributed by atoms with Gasteiger partial charge in [-0.05, 0) is 94.0 Å². The van der Waals surface area contributed by atoms with Gasteiger partial charge in [-0.1, -0.05) is 103 Å². The molecule has 0 saturated heterocycles. The maximum absolute atomic E-state index is 6.63. The summed E-state index contributed by atoms with van der Waals surface area (Å²) in [6, 6.07) is 60.3. The first-order valence-corrected chi connectivity index (χ1v) is 17.3. The van der Waals surface area contributed by atoms with E-state index in [1.165, 1.54) is 20.2 Å². The molecular weight excluding hydrogens is 617 g/mol. The number of fused-ring (bicyclic) bond motifs is 8. The lowest BCUT2D eigenvalue weighted by Gasteiger charge is -2.26. The molecular formula is C45H28N2OS. The molecule has 0 amide bonds. The average molecular weight is 645 g/mol. The quantitative estimate of drug-likeness (QED) is 0.175. The summed E-state index contributed by atoms with van der Waals surface area (Å²) in [5, 5.41) is 7.09. The average Bonchev–Trinajstić information content (AvgIpc) is 3.77. The monoisotopic (exact) mass is 644 g/mol. The zero-order valence-electron chi connectivity index (χ0n) is 26.4. The molecule has 49 heavy (non-hydrogen) atoms. The van der Waals surface area contributed by atoms with Crippen LogP contribution in [0.3, 0.4) is 0 Å². The van der Waals surface area contributed by atoms with Crippen LogP contribution in [-0.2, 0) is 0 Å². The second-order valence-electron chi connectivity index (χ2n) is 12.4. The Bertz CT molecular complexity index is 2820. The Hall–Kier alpha value is -6.23. The number of thiophene rings is 1. The zero-order chi connectivity index (χ0) is 32.3. The third kappa shape index (κ3) is 4.61. The highest BCUT2D eigenvalue weighted by molar-refractivity contribution is 7.25. The van der Waals surface area contributed by atoms with Crippen molar-refractivity contribution in [2.75, 3.05) is 4.90 Å². The fourth-order valence-electron chi connectivity index (χ4n) is 7.19. The van der Waals surface area contributed by atoms with Crippen molar-refractivity contribution < 1.29 is 4.42 Å². The van der Waals surface area contributed by atoms with Crippen LogP contribution in [0, 0.1) is 0 Å². The molecule has 0 aliphatic rings. The maximum atomic E-state index is 6.63. The highest BCUT2D eigenvalue weighted by atomic mass is 32.1. The fourth-order valence-corrected chi connectivity index (χ4v) is 8.33. The van der Waals surface area contributed by atoms with Crippen molar-refractivity contribution in [2.24, 2.45) is 0 Å². The molecule has 0 unspecified atom stereocenters. The van der Waals surface area contributed by atoms with Crippen LogP contribution in [0.5, 0.6) is 0 Å². The van der Waals surface area contributed by atoms with E-state index in [0.717, 1.165) is 66.4 Å². The first kappa shape index (κ1) is 27.8. The number of nitrogens with zero attached hydrogens (tertiary/aromatic N) is 2.